The first-order valence-corrected chi connectivity index (χ1v) is 28.7. The maximum Gasteiger partial charge on any atom is 0.155 e. The van der Waals surface area contributed by atoms with Crippen molar-refractivity contribution in [2.24, 2.45) is 0 Å². The molecule has 92 heavy (non-hydrogen) atoms. The molecule has 5 heterocycles. The standard InChI is InChI=1S/2C19H12N.C18H11N2.C13H8NO.2C5H8O2.3Ir/c1-3-9-16-14(6-1)8-5-10-17(16)19-13-12-15-7-2-4-11-18(15)20-19;1-2-8-14(9-3-1)19-17-12-5-4-10-15(17)16-11-6-7-13-18(16)20-19;1-2-9-16-13(5-1)10-11-17(20-16)15-8-3-6-14-7-4-12-19-18(14)15;1-2-6-10(7-3-1)13-14-11-8-4-5-9-12(11)15-13;2*1-4(6)3-5(2)7;;;/h1-9,11-13H;1-8,10-13H;1-7,9-12H;1-6,8-9H;2*3,6H,1-2H3;;;/q4*-1;;;;;. The summed E-state index contributed by atoms with van der Waals surface area (Å²) in [7, 11) is 0. The molecule has 13 heteroatoms. The molecule has 0 spiro atoms. The van der Waals surface area contributed by atoms with Gasteiger partial charge in [0.1, 0.15) is 11.5 Å². The summed E-state index contributed by atoms with van der Waals surface area (Å²) in [6.45, 7) is 5.70. The van der Waals surface area contributed by atoms with Crippen LogP contribution in [0.1, 0.15) is 27.7 Å². The number of carbonyl (C=O) groups excluding carboxylic acids is 2. The molecular formula is C79H59Ir3N5O5-4. The van der Waals surface area contributed by atoms with E-state index >= 15 is 0 Å². The van der Waals surface area contributed by atoms with E-state index in [0.717, 1.165) is 88.7 Å². The summed E-state index contributed by atoms with van der Waals surface area (Å²) in [5, 5.41) is 26.2. The van der Waals surface area contributed by atoms with Gasteiger partial charge in [-0.25, -0.2) is 0 Å². The fourth-order valence-corrected chi connectivity index (χ4v) is 9.78. The molecule has 0 saturated carbocycles. The summed E-state index contributed by atoms with van der Waals surface area (Å²) in [5.41, 5.74) is 12.5. The van der Waals surface area contributed by atoms with Gasteiger partial charge in [-0.2, -0.15) is 0 Å². The van der Waals surface area contributed by atoms with Crippen LogP contribution in [0.5, 0.6) is 0 Å². The second-order valence-electron chi connectivity index (χ2n) is 20.4. The van der Waals surface area contributed by atoms with Crippen LogP contribution in [0.25, 0.3) is 121 Å². The summed E-state index contributed by atoms with van der Waals surface area (Å²) < 4.78 is 5.61. The van der Waals surface area contributed by atoms with Crippen LogP contribution in [-0.2, 0) is 69.9 Å². The number of benzene rings is 10. The molecule has 0 atom stereocenters. The van der Waals surface area contributed by atoms with Crippen molar-refractivity contribution in [3.8, 4) is 45.2 Å². The van der Waals surface area contributed by atoms with E-state index in [9.17, 15) is 9.59 Å². The Labute approximate surface area is 574 Å². The molecule has 0 aliphatic rings. The van der Waals surface area contributed by atoms with Crippen LogP contribution in [0, 0.1) is 24.3 Å². The number of hydrogen-bond acceptors (Lipinski definition) is 10. The number of fused-ring (bicyclic) bond motifs is 8. The van der Waals surface area contributed by atoms with Gasteiger partial charge in [-0.1, -0.05) is 167 Å². The molecule has 0 aliphatic carbocycles. The normalized spacial score (nSPS) is 10.7. The monoisotopic (exact) mass is 1740 g/mol. The summed E-state index contributed by atoms with van der Waals surface area (Å²) in [6.07, 6.45) is 4.14. The number of allylic oxidation sites excluding steroid dienone is 4. The van der Waals surface area contributed by atoms with Gasteiger partial charge in [-0.05, 0) is 108 Å². The van der Waals surface area contributed by atoms with Crippen molar-refractivity contribution in [1.29, 1.82) is 0 Å². The molecule has 10 nitrogen and oxygen atoms in total. The Balaban J connectivity index is 0.000000162. The Kier molecular flexibility index (Phi) is 26.1. The van der Waals surface area contributed by atoms with Crippen molar-refractivity contribution in [3.63, 3.8) is 0 Å². The molecule has 0 unspecified atom stereocenters. The molecule has 0 bridgehead atoms. The van der Waals surface area contributed by atoms with Gasteiger partial charge < -0.3 is 19.6 Å². The van der Waals surface area contributed by atoms with Gasteiger partial charge >= 0.3 is 0 Å². The zero-order valence-corrected chi connectivity index (χ0v) is 57.5. The van der Waals surface area contributed by atoms with Crippen LogP contribution in [0.3, 0.4) is 0 Å². The van der Waals surface area contributed by atoms with Gasteiger partial charge in [0.25, 0.3) is 0 Å². The van der Waals surface area contributed by atoms with E-state index in [1.54, 1.807) is 6.20 Å². The minimum atomic E-state index is -0.125. The Bertz CT molecular complexity index is 4770. The van der Waals surface area contributed by atoms with E-state index in [1.165, 1.54) is 66.8 Å². The third-order valence-electron chi connectivity index (χ3n) is 13.6. The van der Waals surface area contributed by atoms with Crippen LogP contribution in [0.4, 0.5) is 0 Å². The fraction of sp³-hybridized carbons (Fsp3) is 0.0506. The molecular weight excluding hydrogens is 1680 g/mol. The number of oxazole rings is 1. The Morgan fingerprint density at radius 2 is 0.848 bits per heavy atom. The molecule has 2 N–H and O–H groups in total. The maximum atomic E-state index is 10.0. The minimum Gasteiger partial charge on any atom is -0.512 e. The molecule has 15 rings (SSSR count). The van der Waals surface area contributed by atoms with Crippen LogP contribution < -0.4 is 0 Å². The number of aliphatic hydroxyl groups is 2. The molecule has 5 aromatic heterocycles. The first-order chi connectivity index (χ1) is 43.4. The number of aliphatic hydroxyl groups excluding tert-OH is 2. The second-order valence-corrected chi connectivity index (χ2v) is 20.4. The van der Waals surface area contributed by atoms with Gasteiger partial charge in [0.15, 0.2) is 11.6 Å². The molecule has 0 fully saturated rings. The average Bonchev–Trinajstić information content (AvgIpc) is 0.988. The summed E-state index contributed by atoms with van der Waals surface area (Å²) in [6, 6.07) is 98.0. The van der Waals surface area contributed by atoms with E-state index in [1.807, 2.05) is 140 Å². The number of aromatic nitrogens is 5. The van der Waals surface area contributed by atoms with Gasteiger partial charge in [0.05, 0.1) is 33.6 Å². The molecule has 0 amide bonds. The van der Waals surface area contributed by atoms with E-state index in [2.05, 4.69) is 149 Å². The van der Waals surface area contributed by atoms with Gasteiger partial charge in [-0.15, -0.1) is 114 Å². The van der Waals surface area contributed by atoms with Crippen molar-refractivity contribution < 1.29 is 84.5 Å². The number of hydrogen-bond donors (Lipinski definition) is 2. The maximum absolute atomic E-state index is 10.0. The third-order valence-corrected chi connectivity index (χ3v) is 13.6. The van der Waals surface area contributed by atoms with Crippen molar-refractivity contribution in [3.05, 3.63) is 309 Å². The third kappa shape index (κ3) is 18.4. The number of pyridine rings is 4. The van der Waals surface area contributed by atoms with Crippen molar-refractivity contribution in [2.45, 2.75) is 27.7 Å². The van der Waals surface area contributed by atoms with Crippen LogP contribution in [-0.4, -0.2) is 46.7 Å². The predicted octanol–water partition coefficient (Wildman–Crippen LogP) is 19.3. The Morgan fingerprint density at radius 3 is 1.41 bits per heavy atom. The van der Waals surface area contributed by atoms with Crippen molar-refractivity contribution in [2.75, 3.05) is 0 Å². The van der Waals surface area contributed by atoms with Crippen LogP contribution >= 0.6 is 0 Å². The molecule has 0 saturated heterocycles. The zero-order valence-electron chi connectivity index (χ0n) is 50.3. The number of para-hydroxylation sites is 5. The largest absolute Gasteiger partial charge is 0.512 e. The first-order valence-electron chi connectivity index (χ1n) is 28.7. The Morgan fingerprint density at radius 1 is 0.380 bits per heavy atom. The van der Waals surface area contributed by atoms with Crippen LogP contribution in [0.2, 0.25) is 0 Å². The second kappa shape index (κ2) is 34.4. The smallest absolute Gasteiger partial charge is 0.155 e. The molecule has 10 aromatic carbocycles. The van der Waals surface area contributed by atoms with E-state index in [0.29, 0.717) is 5.89 Å². The molecule has 461 valence electrons. The minimum absolute atomic E-state index is 0. The Hall–Kier alpha value is -9.80. The summed E-state index contributed by atoms with van der Waals surface area (Å²) >= 11 is 0. The number of nitrogens with zero attached hydrogens (tertiary/aromatic N) is 5. The van der Waals surface area contributed by atoms with E-state index in [4.69, 9.17) is 29.6 Å². The molecule has 15 aromatic rings. The first kappa shape index (κ1) is 69.7. The number of ketones is 2. The van der Waals surface area contributed by atoms with Gasteiger partial charge in [0.2, 0.25) is 0 Å². The topological polar surface area (TPSA) is 152 Å². The van der Waals surface area contributed by atoms with Crippen LogP contribution in [0.15, 0.2) is 289 Å². The molecule has 0 aliphatic heterocycles. The van der Waals surface area contributed by atoms with Gasteiger partial charge in [-0.3, -0.25) is 29.5 Å². The average molecular weight is 1740 g/mol. The SMILES string of the molecule is CC(=O)C=C(C)O.CC(=O)C=C(C)O.[Ir].[Ir].[Ir].[c-]1ccc2ccccc2c1-c1ccc2ccccc2n1.[c-]1ccc2cccnc2c1-c1ccc2ccccc2n1.[c-]1ccccc1-c1nc2ccccc2c2ccccc12.[c-]1ccccc1-c1nc2ccccc2o1. The number of carbonyl (C=O) groups is 2. The van der Waals surface area contributed by atoms with E-state index < -0.39 is 0 Å². The van der Waals surface area contributed by atoms with Crippen molar-refractivity contribution in [1.82, 2.24) is 24.9 Å². The van der Waals surface area contributed by atoms with E-state index in [-0.39, 0.29) is 83.4 Å². The predicted molar refractivity (Wildman–Crippen MR) is 361 cm³/mol. The van der Waals surface area contributed by atoms with Gasteiger partial charge in [0, 0.05) is 84.1 Å². The fourth-order valence-electron chi connectivity index (χ4n) is 9.78. The summed E-state index contributed by atoms with van der Waals surface area (Å²) in [4.78, 5) is 43.2. The quantitative estimate of drug-likeness (QED) is 0.0712. The zero-order chi connectivity index (χ0) is 61.9. The van der Waals surface area contributed by atoms with Crippen molar-refractivity contribution >= 4 is 87.8 Å². The molecule has 3 radical (unpaired) electrons. The summed E-state index contributed by atoms with van der Waals surface area (Å²) in [5.74, 6) is 0.497. The number of rotatable bonds is 6.